The Bertz CT molecular complexity index is 2130. The molecule has 4 heterocycles. The van der Waals surface area contributed by atoms with Crippen LogP contribution in [0.4, 0.5) is 5.13 Å². The highest BCUT2D eigenvalue weighted by molar-refractivity contribution is 8.00. The number of imidazole rings is 1. The molecule has 0 aliphatic carbocycles. The fourth-order valence-electron chi connectivity index (χ4n) is 5.58. The van der Waals surface area contributed by atoms with Crippen LogP contribution < -0.4 is 9.64 Å². The van der Waals surface area contributed by atoms with Gasteiger partial charge in [0.05, 0.1) is 17.3 Å². The van der Waals surface area contributed by atoms with Crippen molar-refractivity contribution in [2.45, 2.75) is 36.6 Å². The number of amides is 1. The second kappa shape index (κ2) is 12.9. The van der Waals surface area contributed by atoms with Crippen molar-refractivity contribution in [2.75, 3.05) is 4.90 Å². The number of ether oxygens (including phenoxy) is 1. The molecule has 1 amide bonds. The van der Waals surface area contributed by atoms with Crippen molar-refractivity contribution in [1.82, 2.24) is 19.6 Å². The van der Waals surface area contributed by atoms with Crippen molar-refractivity contribution < 1.29 is 19.4 Å². The van der Waals surface area contributed by atoms with Gasteiger partial charge in [-0.3, -0.25) is 14.5 Å². The third-order valence-corrected chi connectivity index (χ3v) is 10.1. The van der Waals surface area contributed by atoms with Crippen molar-refractivity contribution in [1.29, 1.82) is 0 Å². The molecule has 0 spiro atoms. The Morgan fingerprint density at radius 3 is 2.30 bits per heavy atom. The summed E-state index contributed by atoms with van der Waals surface area (Å²) in [7, 11) is 0. The number of aliphatic hydroxyl groups excluding tert-OH is 1. The van der Waals surface area contributed by atoms with E-state index in [2.05, 4.69) is 10.2 Å². The summed E-state index contributed by atoms with van der Waals surface area (Å²) in [6.45, 7) is 4.13. The first-order valence-electron chi connectivity index (χ1n) is 14.9. The number of carbonyl (C=O) groups excluding carboxylic acids is 2. The van der Waals surface area contributed by atoms with Crippen LogP contribution in [-0.2, 0) is 21.9 Å². The second-order valence-electron chi connectivity index (χ2n) is 11.1. The highest BCUT2D eigenvalue weighted by Crippen LogP contribution is 2.44. The highest BCUT2D eigenvalue weighted by Gasteiger charge is 2.49. The third kappa shape index (κ3) is 5.91. The predicted molar refractivity (Wildman–Crippen MR) is 183 cm³/mol. The fourth-order valence-corrected chi connectivity index (χ4v) is 7.41. The van der Waals surface area contributed by atoms with Crippen molar-refractivity contribution >= 4 is 51.3 Å². The van der Waals surface area contributed by atoms with Gasteiger partial charge in [0.25, 0.3) is 5.78 Å². The maximum absolute atomic E-state index is 13.8. The highest BCUT2D eigenvalue weighted by atomic mass is 32.2. The fraction of sp³-hybridized carbons (Fsp3) is 0.139. The molecule has 0 saturated carbocycles. The van der Waals surface area contributed by atoms with Crippen molar-refractivity contribution in [3.05, 3.63) is 142 Å². The number of nitrogens with zero attached hydrogens (tertiary/aromatic N) is 5. The lowest BCUT2D eigenvalue weighted by Crippen LogP contribution is -2.29. The molecule has 47 heavy (non-hydrogen) atoms. The number of carbonyl (C=O) groups is 2. The van der Waals surface area contributed by atoms with Gasteiger partial charge in [-0.25, -0.2) is 4.98 Å². The number of thioether (sulfide) groups is 1. The van der Waals surface area contributed by atoms with Gasteiger partial charge in [-0.15, -0.1) is 10.2 Å². The van der Waals surface area contributed by atoms with E-state index in [9.17, 15) is 14.7 Å². The normalized spacial score (nSPS) is 15.9. The molecule has 1 fully saturated rings. The predicted octanol–water partition coefficient (Wildman–Crippen LogP) is 7.30. The number of Topliss-reactive ketones (excluding diaryl/α,β-unsaturated/α-hetero) is 1. The van der Waals surface area contributed by atoms with E-state index in [1.807, 2.05) is 97.2 Å². The molecule has 1 unspecified atom stereocenters. The summed E-state index contributed by atoms with van der Waals surface area (Å²) in [5.74, 6) is -0.664. The van der Waals surface area contributed by atoms with Gasteiger partial charge >= 0.3 is 5.91 Å². The molecule has 1 N–H and O–H groups in total. The zero-order valence-corrected chi connectivity index (χ0v) is 27.2. The van der Waals surface area contributed by atoms with E-state index in [-0.39, 0.29) is 22.2 Å². The molecule has 0 bridgehead atoms. The second-order valence-corrected chi connectivity index (χ2v) is 13.2. The first-order valence-corrected chi connectivity index (χ1v) is 16.7. The van der Waals surface area contributed by atoms with Crippen molar-refractivity contribution in [3.63, 3.8) is 0 Å². The molecule has 3 aromatic carbocycles. The number of anilines is 1. The van der Waals surface area contributed by atoms with E-state index in [1.54, 1.807) is 24.3 Å². The third-order valence-electron chi connectivity index (χ3n) is 8.00. The summed E-state index contributed by atoms with van der Waals surface area (Å²) in [6, 6.07) is 29.8. The molecule has 1 atom stereocenters. The summed E-state index contributed by atoms with van der Waals surface area (Å²) in [5, 5.41) is 20.7. The Morgan fingerprint density at radius 2 is 1.60 bits per heavy atom. The Balaban J connectivity index is 1.27. The zero-order valence-electron chi connectivity index (χ0n) is 25.5. The molecule has 6 aromatic rings. The maximum atomic E-state index is 13.8. The number of benzene rings is 3. The molecule has 1 saturated heterocycles. The Morgan fingerprint density at radius 1 is 0.894 bits per heavy atom. The van der Waals surface area contributed by atoms with Crippen LogP contribution in [0.1, 0.15) is 39.7 Å². The Kier molecular flexibility index (Phi) is 8.32. The lowest BCUT2D eigenvalue weighted by molar-refractivity contribution is -0.132. The number of aryl methyl sites for hydroxylation is 2. The molecule has 3 aromatic heterocycles. The summed E-state index contributed by atoms with van der Waals surface area (Å²) in [5.41, 5.74) is 5.14. The number of rotatable bonds is 9. The molecule has 234 valence electrons. The lowest BCUT2D eigenvalue weighted by Gasteiger charge is -2.22. The van der Waals surface area contributed by atoms with Gasteiger partial charge in [0.1, 0.15) is 23.7 Å². The average Bonchev–Trinajstić information content (AvgIpc) is 3.78. The van der Waals surface area contributed by atoms with Gasteiger partial charge in [0, 0.05) is 11.9 Å². The van der Waals surface area contributed by atoms with Crippen molar-refractivity contribution in [2.24, 2.45) is 0 Å². The molecule has 0 radical (unpaired) electrons. The van der Waals surface area contributed by atoms with Crippen LogP contribution in [0, 0.1) is 13.8 Å². The van der Waals surface area contributed by atoms with E-state index in [1.165, 1.54) is 28.0 Å². The number of ketones is 1. The van der Waals surface area contributed by atoms with E-state index >= 15 is 0 Å². The lowest BCUT2D eigenvalue weighted by atomic mass is 9.96. The van der Waals surface area contributed by atoms with E-state index in [0.717, 1.165) is 16.7 Å². The molecular weight excluding hydrogens is 631 g/mol. The standard InChI is InChI=1S/C36H29N5O4S2/c1-22-10-9-19-40-23(2)29(37-33(22)40)31(42)28-30(26-15-17-27(18-16-26)45-20-24-11-5-3-6-12-24)41(34(44)32(28)43)35-38-39-36(47-35)46-21-25-13-7-4-8-14-25/h3-19,30,42H,20-21H2,1-2H3/b31-28+. The van der Waals surface area contributed by atoms with Crippen LogP contribution >= 0.6 is 23.1 Å². The first kappa shape index (κ1) is 30.4. The summed E-state index contributed by atoms with van der Waals surface area (Å²) in [4.78, 5) is 33.6. The summed E-state index contributed by atoms with van der Waals surface area (Å²) >= 11 is 2.72. The minimum Gasteiger partial charge on any atom is -0.505 e. The molecule has 9 nitrogen and oxygen atoms in total. The molecule has 1 aliphatic rings. The number of aromatic nitrogens is 4. The van der Waals surface area contributed by atoms with E-state index in [0.29, 0.717) is 39.4 Å². The SMILES string of the molecule is Cc1cccn2c(C)c(/C(O)=C3\C(=O)C(=O)N(c4nnc(SCc5ccccc5)s4)C3c3ccc(OCc4ccccc4)cc3)nc12. The number of hydrogen-bond acceptors (Lipinski definition) is 9. The van der Waals surface area contributed by atoms with Crippen LogP contribution in [-0.4, -0.2) is 36.4 Å². The summed E-state index contributed by atoms with van der Waals surface area (Å²) in [6.07, 6.45) is 1.85. The van der Waals surface area contributed by atoms with Gasteiger partial charge in [-0.1, -0.05) is 102 Å². The number of pyridine rings is 1. The quantitative estimate of drug-likeness (QED) is 0.0566. The van der Waals surface area contributed by atoms with Gasteiger partial charge in [0.2, 0.25) is 5.13 Å². The zero-order chi connectivity index (χ0) is 32.5. The molecule has 7 rings (SSSR count). The minimum absolute atomic E-state index is 0.0641. The van der Waals surface area contributed by atoms with Crippen LogP contribution in [0.5, 0.6) is 5.75 Å². The Hall–Kier alpha value is -5.26. The first-order chi connectivity index (χ1) is 22.9. The molecular formula is C36H29N5O4S2. The van der Waals surface area contributed by atoms with Crippen LogP contribution in [0.15, 0.2) is 113 Å². The number of aliphatic hydroxyl groups is 1. The monoisotopic (exact) mass is 659 g/mol. The Labute approximate surface area is 279 Å². The molecule has 11 heteroatoms. The van der Waals surface area contributed by atoms with Crippen LogP contribution in [0.25, 0.3) is 11.4 Å². The number of hydrogen-bond donors (Lipinski definition) is 1. The average molecular weight is 660 g/mol. The van der Waals surface area contributed by atoms with Crippen LogP contribution in [0.3, 0.4) is 0 Å². The summed E-state index contributed by atoms with van der Waals surface area (Å²) < 4.78 is 8.50. The van der Waals surface area contributed by atoms with Gasteiger partial charge in [-0.2, -0.15) is 0 Å². The van der Waals surface area contributed by atoms with Gasteiger partial charge < -0.3 is 14.2 Å². The minimum atomic E-state index is -0.969. The topological polar surface area (TPSA) is 110 Å². The largest absolute Gasteiger partial charge is 0.505 e. The smallest absolute Gasteiger partial charge is 0.301 e. The van der Waals surface area contributed by atoms with Crippen LogP contribution in [0.2, 0.25) is 0 Å². The van der Waals surface area contributed by atoms with Gasteiger partial charge in [0.15, 0.2) is 10.1 Å². The van der Waals surface area contributed by atoms with E-state index < -0.39 is 17.7 Å². The van der Waals surface area contributed by atoms with Crippen molar-refractivity contribution in [3.8, 4) is 5.75 Å². The number of fused-ring (bicyclic) bond motifs is 1. The maximum Gasteiger partial charge on any atom is 0.301 e. The van der Waals surface area contributed by atoms with E-state index in [4.69, 9.17) is 9.72 Å². The van der Waals surface area contributed by atoms with Gasteiger partial charge in [-0.05, 0) is 54.3 Å². The molecule has 1 aliphatic heterocycles.